The van der Waals surface area contributed by atoms with Gasteiger partial charge in [0.25, 0.3) is 0 Å². The lowest BCUT2D eigenvalue weighted by Gasteiger charge is -2.14. The summed E-state index contributed by atoms with van der Waals surface area (Å²) in [6, 6.07) is 0. The first-order valence-electron chi connectivity index (χ1n) is 6.23. The van der Waals surface area contributed by atoms with Crippen molar-refractivity contribution < 1.29 is 14.7 Å². The van der Waals surface area contributed by atoms with Gasteiger partial charge >= 0.3 is 5.97 Å². The second-order valence-corrected chi connectivity index (χ2v) is 5.60. The highest BCUT2D eigenvalue weighted by Crippen LogP contribution is 2.38. The fourth-order valence-corrected chi connectivity index (χ4v) is 3.04. The van der Waals surface area contributed by atoms with Gasteiger partial charge in [-0.25, -0.2) is 4.98 Å². The number of amides is 1. The Morgan fingerprint density at radius 2 is 2.32 bits per heavy atom. The first kappa shape index (κ1) is 13.8. The molecule has 6 nitrogen and oxygen atoms in total. The molecule has 0 aliphatic heterocycles. The fourth-order valence-electron chi connectivity index (χ4n) is 2.01. The molecule has 2 rings (SSSR count). The van der Waals surface area contributed by atoms with E-state index < -0.39 is 11.9 Å². The number of rotatable bonds is 5. The Hall–Kier alpha value is -1.63. The quantitative estimate of drug-likeness (QED) is 0.847. The molecule has 0 saturated carbocycles. The summed E-state index contributed by atoms with van der Waals surface area (Å²) in [5, 5.41) is 12.7. The van der Waals surface area contributed by atoms with Crippen molar-refractivity contribution in [1.82, 2.24) is 9.88 Å². The molecule has 1 amide bonds. The Morgan fingerprint density at radius 3 is 2.95 bits per heavy atom. The van der Waals surface area contributed by atoms with E-state index in [4.69, 9.17) is 5.11 Å². The number of thiazole rings is 1. The van der Waals surface area contributed by atoms with Crippen LogP contribution in [0.15, 0.2) is 0 Å². The molecule has 1 aromatic heterocycles. The second-order valence-electron chi connectivity index (χ2n) is 4.52. The molecule has 1 atom stereocenters. The van der Waals surface area contributed by atoms with Gasteiger partial charge in [0.05, 0.1) is 12.2 Å². The number of nitrogens with one attached hydrogen (secondary N) is 1. The number of aryl methyl sites for hydroxylation is 1. The summed E-state index contributed by atoms with van der Waals surface area (Å²) in [7, 11) is 1.74. The lowest BCUT2D eigenvalue weighted by Crippen LogP contribution is -2.31. The molecule has 19 heavy (non-hydrogen) atoms. The Bertz CT molecular complexity index is 500. The molecule has 0 saturated heterocycles. The lowest BCUT2D eigenvalue weighted by molar-refractivity contribution is -0.138. The zero-order valence-electron chi connectivity index (χ0n) is 11.0. The molecule has 1 aromatic rings. The molecular weight excluding hydrogens is 266 g/mol. The number of aromatic nitrogens is 1. The minimum absolute atomic E-state index is 0.00681. The van der Waals surface area contributed by atoms with Crippen LogP contribution in [0, 0.1) is 0 Å². The van der Waals surface area contributed by atoms with Crippen LogP contribution in [0.1, 0.15) is 29.8 Å². The maximum Gasteiger partial charge on any atom is 0.312 e. The standard InChI is InChI=1S/C12H17N3O3S/c1-3-15(2)9(16)6-13-12-14-10-7(11(17)18)4-5-8(10)19-12/h7H,3-6H2,1-2H3,(H,13,14)(H,17,18). The highest BCUT2D eigenvalue weighted by atomic mass is 32.1. The first-order chi connectivity index (χ1) is 9.02. The monoisotopic (exact) mass is 283 g/mol. The fraction of sp³-hybridized carbons (Fsp3) is 0.583. The van der Waals surface area contributed by atoms with Crippen molar-refractivity contribution in [2.75, 3.05) is 25.5 Å². The van der Waals surface area contributed by atoms with Gasteiger partial charge in [-0.05, 0) is 19.8 Å². The van der Waals surface area contributed by atoms with Crippen LogP contribution in [0.4, 0.5) is 5.13 Å². The maximum atomic E-state index is 11.6. The number of carboxylic acid groups (broad SMARTS) is 1. The molecule has 0 spiro atoms. The third kappa shape index (κ3) is 2.86. The molecule has 1 aliphatic rings. The van der Waals surface area contributed by atoms with Gasteiger partial charge in [-0.2, -0.15) is 0 Å². The van der Waals surface area contributed by atoms with Crippen LogP contribution in [-0.2, 0) is 16.0 Å². The van der Waals surface area contributed by atoms with Crippen molar-refractivity contribution in [2.45, 2.75) is 25.7 Å². The lowest BCUT2D eigenvalue weighted by atomic mass is 10.1. The molecule has 2 N–H and O–H groups in total. The van der Waals surface area contributed by atoms with Crippen LogP contribution in [0.25, 0.3) is 0 Å². The van der Waals surface area contributed by atoms with Gasteiger partial charge in [0.1, 0.15) is 5.92 Å². The predicted molar refractivity (Wildman–Crippen MR) is 72.6 cm³/mol. The Balaban J connectivity index is 1.99. The number of fused-ring (bicyclic) bond motifs is 1. The number of carboxylic acids is 1. The van der Waals surface area contributed by atoms with Crippen molar-refractivity contribution in [3.05, 3.63) is 10.6 Å². The molecule has 0 radical (unpaired) electrons. The van der Waals surface area contributed by atoms with Crippen molar-refractivity contribution in [3.8, 4) is 0 Å². The van der Waals surface area contributed by atoms with Crippen molar-refractivity contribution in [3.63, 3.8) is 0 Å². The third-order valence-electron chi connectivity index (χ3n) is 3.31. The Morgan fingerprint density at radius 1 is 1.58 bits per heavy atom. The van der Waals surface area contributed by atoms with E-state index in [1.807, 2.05) is 6.92 Å². The average molecular weight is 283 g/mol. The topological polar surface area (TPSA) is 82.5 Å². The van der Waals surface area contributed by atoms with E-state index in [-0.39, 0.29) is 12.5 Å². The molecule has 0 aromatic carbocycles. The number of carbonyl (C=O) groups is 2. The number of aliphatic carboxylic acids is 1. The molecule has 1 heterocycles. The van der Waals surface area contributed by atoms with E-state index in [1.165, 1.54) is 11.3 Å². The number of anilines is 1. The van der Waals surface area contributed by atoms with Crippen molar-refractivity contribution >= 4 is 28.3 Å². The summed E-state index contributed by atoms with van der Waals surface area (Å²) < 4.78 is 0. The summed E-state index contributed by atoms with van der Waals surface area (Å²) in [5.41, 5.74) is 0.663. The van der Waals surface area contributed by atoms with Crippen molar-refractivity contribution in [1.29, 1.82) is 0 Å². The van der Waals surface area contributed by atoms with Crippen LogP contribution in [0.5, 0.6) is 0 Å². The summed E-state index contributed by atoms with van der Waals surface area (Å²) in [4.78, 5) is 29.6. The minimum Gasteiger partial charge on any atom is -0.481 e. The zero-order chi connectivity index (χ0) is 14.0. The Kier molecular flexibility index (Phi) is 4.04. The van der Waals surface area contributed by atoms with E-state index in [1.54, 1.807) is 11.9 Å². The number of hydrogen-bond donors (Lipinski definition) is 2. The smallest absolute Gasteiger partial charge is 0.312 e. The number of hydrogen-bond acceptors (Lipinski definition) is 5. The second kappa shape index (κ2) is 5.56. The molecular formula is C12H17N3O3S. The number of likely N-dealkylation sites (N-methyl/N-ethyl adjacent to an activating group) is 1. The summed E-state index contributed by atoms with van der Waals surface area (Å²) >= 11 is 1.45. The highest BCUT2D eigenvalue weighted by Gasteiger charge is 2.32. The molecule has 1 unspecified atom stereocenters. The normalized spacial score (nSPS) is 17.1. The molecule has 0 bridgehead atoms. The van der Waals surface area contributed by atoms with E-state index >= 15 is 0 Å². The van der Waals surface area contributed by atoms with E-state index in [0.29, 0.717) is 23.8 Å². The van der Waals surface area contributed by atoms with E-state index in [2.05, 4.69) is 10.3 Å². The van der Waals surface area contributed by atoms with Gasteiger partial charge < -0.3 is 15.3 Å². The van der Waals surface area contributed by atoms with Crippen LogP contribution in [0.3, 0.4) is 0 Å². The summed E-state index contributed by atoms with van der Waals surface area (Å²) in [6.07, 6.45) is 1.38. The van der Waals surface area contributed by atoms with Gasteiger partial charge in [0.15, 0.2) is 5.13 Å². The van der Waals surface area contributed by atoms with Gasteiger partial charge in [-0.1, -0.05) is 0 Å². The van der Waals surface area contributed by atoms with Gasteiger partial charge in [-0.15, -0.1) is 11.3 Å². The molecule has 0 fully saturated rings. The average Bonchev–Trinajstić information content (AvgIpc) is 2.93. The SMILES string of the molecule is CCN(C)C(=O)CNc1nc2c(s1)CCC2C(=O)O. The van der Waals surface area contributed by atoms with Crippen LogP contribution < -0.4 is 5.32 Å². The highest BCUT2D eigenvalue weighted by molar-refractivity contribution is 7.15. The number of nitrogens with zero attached hydrogens (tertiary/aromatic N) is 2. The van der Waals surface area contributed by atoms with Crippen LogP contribution >= 0.6 is 11.3 Å². The van der Waals surface area contributed by atoms with Gasteiger partial charge in [-0.3, -0.25) is 9.59 Å². The van der Waals surface area contributed by atoms with Crippen molar-refractivity contribution in [2.24, 2.45) is 0 Å². The number of carbonyl (C=O) groups excluding carboxylic acids is 1. The first-order valence-corrected chi connectivity index (χ1v) is 7.04. The zero-order valence-corrected chi connectivity index (χ0v) is 11.8. The third-order valence-corrected chi connectivity index (χ3v) is 4.40. The molecule has 1 aliphatic carbocycles. The van der Waals surface area contributed by atoms with Gasteiger partial charge in [0.2, 0.25) is 5.91 Å². The maximum absolute atomic E-state index is 11.6. The van der Waals surface area contributed by atoms with E-state index in [9.17, 15) is 9.59 Å². The van der Waals surface area contributed by atoms with E-state index in [0.717, 1.165) is 11.3 Å². The minimum atomic E-state index is -0.822. The largest absolute Gasteiger partial charge is 0.481 e. The van der Waals surface area contributed by atoms with Crippen LogP contribution in [-0.4, -0.2) is 47.0 Å². The summed E-state index contributed by atoms with van der Waals surface area (Å²) in [5.74, 6) is -1.32. The predicted octanol–water partition coefficient (Wildman–Crippen LogP) is 1.15. The van der Waals surface area contributed by atoms with Crippen LogP contribution in [0.2, 0.25) is 0 Å². The van der Waals surface area contributed by atoms with Gasteiger partial charge in [0, 0.05) is 18.5 Å². The molecule has 104 valence electrons. The molecule has 7 heteroatoms. The Labute approximate surface area is 115 Å². The summed E-state index contributed by atoms with van der Waals surface area (Å²) in [6.45, 7) is 2.76.